The number of hydrogen-bond acceptors (Lipinski definition) is 5. The van der Waals surface area contributed by atoms with Gasteiger partial charge in [-0.25, -0.2) is 0 Å². The summed E-state index contributed by atoms with van der Waals surface area (Å²) in [6, 6.07) is 20.2. The number of hydrogen-bond donors (Lipinski definition) is 1. The van der Waals surface area contributed by atoms with Crippen molar-refractivity contribution in [3.8, 4) is 5.75 Å². The summed E-state index contributed by atoms with van der Waals surface area (Å²) in [6.07, 6.45) is 2.48. The van der Waals surface area contributed by atoms with Gasteiger partial charge in [-0.2, -0.15) is 0 Å². The number of carbonyl (C=O) groups is 2. The molecule has 4 rings (SSSR count). The molecule has 1 aliphatic rings. The molecule has 0 saturated carbocycles. The van der Waals surface area contributed by atoms with Gasteiger partial charge in [0.15, 0.2) is 0 Å². The Labute approximate surface area is 180 Å². The summed E-state index contributed by atoms with van der Waals surface area (Å²) >= 11 is 0. The van der Waals surface area contributed by atoms with E-state index in [1.165, 1.54) is 4.90 Å². The van der Waals surface area contributed by atoms with Crippen molar-refractivity contribution < 1.29 is 19.4 Å². The molecule has 1 N–H and O–H groups in total. The van der Waals surface area contributed by atoms with E-state index in [1.54, 1.807) is 72.9 Å². The largest absolute Gasteiger partial charge is 0.507 e. The zero-order valence-electron chi connectivity index (χ0n) is 17.1. The number of para-hydroxylation sites is 1. The van der Waals surface area contributed by atoms with Crippen LogP contribution < -0.4 is 9.64 Å². The quantitative estimate of drug-likeness (QED) is 0.365. The topological polar surface area (TPSA) is 79.7 Å². The van der Waals surface area contributed by atoms with E-state index in [2.05, 4.69) is 4.98 Å². The minimum absolute atomic E-state index is 0.00906. The Balaban J connectivity index is 1.82. The van der Waals surface area contributed by atoms with Gasteiger partial charge in [-0.15, -0.1) is 0 Å². The fourth-order valence-corrected chi connectivity index (χ4v) is 3.59. The summed E-state index contributed by atoms with van der Waals surface area (Å²) in [5.41, 5.74) is 1.49. The number of aliphatic hydroxyl groups excluding tert-OH is 1. The number of ether oxygens (including phenoxy) is 1. The van der Waals surface area contributed by atoms with Gasteiger partial charge in [0.25, 0.3) is 11.7 Å². The molecule has 1 aromatic heterocycles. The van der Waals surface area contributed by atoms with Crippen LogP contribution in [-0.4, -0.2) is 28.4 Å². The minimum Gasteiger partial charge on any atom is -0.507 e. The molecule has 1 amide bonds. The maximum atomic E-state index is 13.0. The molecule has 1 atom stereocenters. The average Bonchev–Trinajstić information content (AvgIpc) is 3.09. The van der Waals surface area contributed by atoms with Crippen molar-refractivity contribution >= 4 is 23.1 Å². The highest BCUT2D eigenvalue weighted by Crippen LogP contribution is 2.41. The van der Waals surface area contributed by atoms with Crippen molar-refractivity contribution in [2.24, 2.45) is 0 Å². The molecule has 1 aliphatic heterocycles. The number of ketones is 1. The van der Waals surface area contributed by atoms with Gasteiger partial charge in [0.05, 0.1) is 17.9 Å². The molecule has 0 bridgehead atoms. The molecule has 1 fully saturated rings. The summed E-state index contributed by atoms with van der Waals surface area (Å²) in [4.78, 5) is 31.8. The van der Waals surface area contributed by atoms with Crippen LogP contribution in [0.25, 0.3) is 5.76 Å². The van der Waals surface area contributed by atoms with Crippen LogP contribution in [0.15, 0.2) is 84.6 Å². The highest BCUT2D eigenvalue weighted by Gasteiger charge is 2.47. The molecule has 2 aromatic carbocycles. The fourth-order valence-electron chi connectivity index (χ4n) is 3.59. The van der Waals surface area contributed by atoms with Crippen molar-refractivity contribution in [1.29, 1.82) is 0 Å². The van der Waals surface area contributed by atoms with E-state index in [4.69, 9.17) is 4.74 Å². The molecule has 1 saturated heterocycles. The second-order valence-electron chi connectivity index (χ2n) is 7.13. The molecule has 156 valence electrons. The van der Waals surface area contributed by atoms with Crippen molar-refractivity contribution in [3.63, 3.8) is 0 Å². The molecule has 0 spiro atoms. The van der Waals surface area contributed by atoms with Gasteiger partial charge in [-0.3, -0.25) is 19.5 Å². The maximum Gasteiger partial charge on any atom is 0.300 e. The lowest BCUT2D eigenvalue weighted by Crippen LogP contribution is -2.29. The molecule has 6 nitrogen and oxygen atoms in total. The molecule has 1 unspecified atom stereocenters. The Morgan fingerprint density at radius 2 is 1.71 bits per heavy atom. The second kappa shape index (κ2) is 8.83. The molecular formula is C25H22N2O4. The molecule has 31 heavy (non-hydrogen) atoms. The third-order valence-corrected chi connectivity index (χ3v) is 5.05. The van der Waals surface area contributed by atoms with E-state index < -0.39 is 17.7 Å². The first kappa shape index (κ1) is 20.3. The molecule has 3 aromatic rings. The highest BCUT2D eigenvalue weighted by molar-refractivity contribution is 6.51. The maximum absolute atomic E-state index is 13.0. The van der Waals surface area contributed by atoms with Gasteiger partial charge >= 0.3 is 0 Å². The van der Waals surface area contributed by atoms with Crippen LogP contribution >= 0.6 is 0 Å². The third kappa shape index (κ3) is 3.92. The minimum atomic E-state index is -0.834. The number of pyridine rings is 1. The summed E-state index contributed by atoms with van der Waals surface area (Å²) in [6.45, 7) is 2.61. The first-order chi connectivity index (χ1) is 15.1. The Hall–Kier alpha value is -3.93. The highest BCUT2D eigenvalue weighted by atomic mass is 16.5. The lowest BCUT2D eigenvalue weighted by atomic mass is 9.98. The smallest absolute Gasteiger partial charge is 0.300 e. The van der Waals surface area contributed by atoms with Crippen LogP contribution in [0, 0.1) is 0 Å². The van der Waals surface area contributed by atoms with Gasteiger partial charge in [0, 0.05) is 17.4 Å². The van der Waals surface area contributed by atoms with Crippen LogP contribution in [0.3, 0.4) is 0 Å². The average molecular weight is 414 g/mol. The SMILES string of the molecule is CCCOc1ccc(/C(O)=C2/C(=O)C(=O)N(c3ccccc3)C2c2ccccn2)cc1. The van der Waals surface area contributed by atoms with Crippen molar-refractivity contribution in [1.82, 2.24) is 4.98 Å². The molecule has 0 aliphatic carbocycles. The predicted octanol–water partition coefficient (Wildman–Crippen LogP) is 4.50. The first-order valence-corrected chi connectivity index (χ1v) is 10.1. The normalized spacial score (nSPS) is 17.7. The summed E-state index contributed by atoms with van der Waals surface area (Å²) in [5, 5.41) is 11.1. The van der Waals surface area contributed by atoms with Gasteiger partial charge < -0.3 is 9.84 Å². The monoisotopic (exact) mass is 414 g/mol. The van der Waals surface area contributed by atoms with E-state index in [1.807, 2.05) is 13.0 Å². The first-order valence-electron chi connectivity index (χ1n) is 10.1. The van der Waals surface area contributed by atoms with Gasteiger partial charge in [-0.05, 0) is 55.0 Å². The summed E-state index contributed by atoms with van der Waals surface area (Å²) in [7, 11) is 0. The predicted molar refractivity (Wildman–Crippen MR) is 118 cm³/mol. The number of carbonyl (C=O) groups excluding carboxylic acids is 2. The summed E-state index contributed by atoms with van der Waals surface area (Å²) in [5.74, 6) is -1.02. The van der Waals surface area contributed by atoms with E-state index in [0.29, 0.717) is 29.3 Å². The number of Topliss-reactive ketones (excluding diaryl/α,β-unsaturated/α-hetero) is 1. The van der Waals surface area contributed by atoms with Gasteiger partial charge in [-0.1, -0.05) is 31.2 Å². The zero-order valence-corrected chi connectivity index (χ0v) is 17.1. The van der Waals surface area contributed by atoms with Gasteiger partial charge in [0.1, 0.15) is 17.6 Å². The van der Waals surface area contributed by atoms with Crippen LogP contribution in [-0.2, 0) is 9.59 Å². The number of benzene rings is 2. The Bertz CT molecular complexity index is 1110. The molecule has 6 heteroatoms. The number of rotatable bonds is 6. The second-order valence-corrected chi connectivity index (χ2v) is 7.13. The van der Waals surface area contributed by atoms with Crippen LogP contribution in [0.5, 0.6) is 5.75 Å². The van der Waals surface area contributed by atoms with E-state index in [9.17, 15) is 14.7 Å². The Morgan fingerprint density at radius 1 is 1.00 bits per heavy atom. The van der Waals surface area contributed by atoms with E-state index in [-0.39, 0.29) is 11.3 Å². The Morgan fingerprint density at radius 3 is 2.35 bits per heavy atom. The van der Waals surface area contributed by atoms with Crippen molar-refractivity contribution in [3.05, 3.63) is 95.8 Å². The lowest BCUT2D eigenvalue weighted by molar-refractivity contribution is -0.132. The standard InChI is InChI=1S/C25H22N2O4/c1-2-16-31-19-13-11-17(12-14-19)23(28)21-22(20-10-6-7-15-26-20)27(25(30)24(21)29)18-8-4-3-5-9-18/h3-15,22,28H,2,16H2,1H3/b23-21-. The Kier molecular flexibility index (Phi) is 5.80. The van der Waals surface area contributed by atoms with Crippen molar-refractivity contribution in [2.45, 2.75) is 19.4 Å². The number of amides is 1. The fraction of sp³-hybridized carbons (Fsp3) is 0.160. The zero-order chi connectivity index (χ0) is 21.8. The summed E-state index contributed by atoms with van der Waals surface area (Å²) < 4.78 is 5.58. The van der Waals surface area contributed by atoms with Gasteiger partial charge in [0.2, 0.25) is 0 Å². The molecular weight excluding hydrogens is 392 g/mol. The third-order valence-electron chi connectivity index (χ3n) is 5.05. The molecule has 0 radical (unpaired) electrons. The van der Waals surface area contributed by atoms with Crippen LogP contribution in [0.4, 0.5) is 5.69 Å². The van der Waals surface area contributed by atoms with E-state index >= 15 is 0 Å². The lowest BCUT2D eigenvalue weighted by Gasteiger charge is -2.24. The molecule has 2 heterocycles. The van der Waals surface area contributed by atoms with Crippen LogP contribution in [0.1, 0.15) is 30.6 Å². The van der Waals surface area contributed by atoms with E-state index in [0.717, 1.165) is 6.42 Å². The number of aliphatic hydroxyl groups is 1. The van der Waals surface area contributed by atoms with Crippen molar-refractivity contribution in [2.75, 3.05) is 11.5 Å². The number of nitrogens with zero attached hydrogens (tertiary/aromatic N) is 2. The number of anilines is 1. The van der Waals surface area contributed by atoms with Crippen LogP contribution in [0.2, 0.25) is 0 Å². The number of aromatic nitrogens is 1.